The van der Waals surface area contributed by atoms with Crippen LogP contribution < -0.4 is 4.74 Å². The number of benzene rings is 1. The largest absolute Gasteiger partial charge is 0.514 e. The zero-order valence-electron chi connectivity index (χ0n) is 11.8. The van der Waals surface area contributed by atoms with Crippen LogP contribution >= 0.6 is 0 Å². The van der Waals surface area contributed by atoms with E-state index < -0.39 is 11.8 Å². The van der Waals surface area contributed by atoms with Crippen molar-refractivity contribution in [3.63, 3.8) is 0 Å². The molecule has 0 aromatic heterocycles. The van der Waals surface area contributed by atoms with Crippen molar-refractivity contribution in [2.75, 3.05) is 0 Å². The highest BCUT2D eigenvalue weighted by atomic mass is 16.7. The second kappa shape index (κ2) is 5.89. The van der Waals surface area contributed by atoms with Crippen LogP contribution in [0.5, 0.6) is 5.75 Å². The van der Waals surface area contributed by atoms with E-state index in [9.17, 15) is 4.79 Å². The average Bonchev–Trinajstić information content (AvgIpc) is 2.17. The van der Waals surface area contributed by atoms with Gasteiger partial charge in [-0.2, -0.15) is 0 Å². The molecule has 0 saturated carbocycles. The number of rotatable bonds is 3. The summed E-state index contributed by atoms with van der Waals surface area (Å²) in [5, 5.41) is 0. The lowest BCUT2D eigenvalue weighted by molar-refractivity contribution is 0.0206. The molecule has 1 rings (SSSR count). The first-order chi connectivity index (χ1) is 8.26. The molecule has 0 aliphatic rings. The molecule has 0 N–H and O–H groups in total. The van der Waals surface area contributed by atoms with E-state index in [1.807, 2.05) is 12.1 Å². The van der Waals surface area contributed by atoms with Crippen molar-refractivity contribution >= 4 is 6.16 Å². The van der Waals surface area contributed by atoms with E-state index in [0.29, 0.717) is 11.7 Å². The Labute approximate surface area is 109 Å². The maximum atomic E-state index is 11.4. The third kappa shape index (κ3) is 5.71. The fourth-order valence-electron chi connectivity index (χ4n) is 1.53. The molecule has 0 bridgehead atoms. The van der Waals surface area contributed by atoms with Crippen molar-refractivity contribution in [1.82, 2.24) is 0 Å². The Morgan fingerprint density at radius 3 is 2.17 bits per heavy atom. The van der Waals surface area contributed by atoms with Crippen LogP contribution in [0.1, 0.15) is 40.2 Å². The summed E-state index contributed by atoms with van der Waals surface area (Å²) in [5.41, 5.74) is 0.704. The van der Waals surface area contributed by atoms with Gasteiger partial charge >= 0.3 is 6.16 Å². The molecule has 0 heterocycles. The summed E-state index contributed by atoms with van der Waals surface area (Å²) in [6.07, 6.45) is 0.353. The molecule has 0 saturated heterocycles. The molecule has 18 heavy (non-hydrogen) atoms. The molecule has 1 aromatic carbocycles. The second-order valence-corrected chi connectivity index (χ2v) is 5.81. The summed E-state index contributed by atoms with van der Waals surface area (Å²) in [4.78, 5) is 11.4. The molecule has 3 heteroatoms. The predicted molar refractivity (Wildman–Crippen MR) is 71.8 cm³/mol. The zero-order valence-corrected chi connectivity index (χ0v) is 11.8. The molecule has 0 aliphatic heterocycles. The number of hydrogen-bond donors (Lipinski definition) is 0. The number of ether oxygens (including phenoxy) is 2. The lowest BCUT2D eigenvalue weighted by Crippen LogP contribution is -2.25. The van der Waals surface area contributed by atoms with Gasteiger partial charge in [-0.1, -0.05) is 26.0 Å². The van der Waals surface area contributed by atoms with E-state index in [4.69, 9.17) is 9.47 Å². The Balaban J connectivity index is 2.56. The van der Waals surface area contributed by atoms with E-state index >= 15 is 0 Å². The van der Waals surface area contributed by atoms with Crippen LogP contribution in [0.3, 0.4) is 0 Å². The topological polar surface area (TPSA) is 35.5 Å². The number of hydrogen-bond acceptors (Lipinski definition) is 3. The minimum absolute atomic E-state index is 0.511. The normalized spacial score (nSPS) is 11.4. The molecular weight excluding hydrogens is 228 g/mol. The lowest BCUT2D eigenvalue weighted by atomic mass is 10.0. The van der Waals surface area contributed by atoms with Crippen LogP contribution in [0.25, 0.3) is 0 Å². The number of carbonyl (C=O) groups is 1. The molecule has 0 unspecified atom stereocenters. The van der Waals surface area contributed by atoms with Crippen LogP contribution in [0.4, 0.5) is 4.79 Å². The molecule has 0 fully saturated rings. The Morgan fingerprint density at radius 1 is 1.17 bits per heavy atom. The van der Waals surface area contributed by atoms with Crippen LogP contribution in [0, 0.1) is 5.92 Å². The third-order valence-corrected chi connectivity index (χ3v) is 2.16. The quantitative estimate of drug-likeness (QED) is 0.595. The van der Waals surface area contributed by atoms with Crippen molar-refractivity contribution in [3.05, 3.63) is 29.8 Å². The second-order valence-electron chi connectivity index (χ2n) is 5.81. The zero-order chi connectivity index (χ0) is 13.8. The van der Waals surface area contributed by atoms with Gasteiger partial charge < -0.3 is 9.47 Å². The van der Waals surface area contributed by atoms with Crippen molar-refractivity contribution in [2.45, 2.75) is 46.6 Å². The van der Waals surface area contributed by atoms with Crippen molar-refractivity contribution in [3.8, 4) is 5.75 Å². The van der Waals surface area contributed by atoms with Gasteiger partial charge in [0.1, 0.15) is 11.4 Å². The van der Waals surface area contributed by atoms with Gasteiger partial charge in [0, 0.05) is 0 Å². The van der Waals surface area contributed by atoms with E-state index in [1.54, 1.807) is 32.9 Å². The first-order valence-electron chi connectivity index (χ1n) is 6.26. The fraction of sp³-hybridized carbons (Fsp3) is 0.533. The van der Waals surface area contributed by atoms with Crippen molar-refractivity contribution in [1.29, 1.82) is 0 Å². The van der Waals surface area contributed by atoms with Gasteiger partial charge in [-0.15, -0.1) is 0 Å². The molecule has 3 nitrogen and oxygen atoms in total. The van der Waals surface area contributed by atoms with Crippen LogP contribution in [0.2, 0.25) is 0 Å². The summed E-state index contributed by atoms with van der Waals surface area (Å²) < 4.78 is 10.2. The Hall–Kier alpha value is -1.51. The van der Waals surface area contributed by atoms with E-state index in [0.717, 1.165) is 6.42 Å². The summed E-state index contributed by atoms with van der Waals surface area (Å²) in [6, 6.07) is 7.53. The standard InChI is InChI=1S/C15H22O3/c1-11(2)10-12-6-8-13(9-7-12)17-14(16)18-15(3,4)5/h6-9,11H,10H2,1-5H3. The molecule has 0 radical (unpaired) electrons. The van der Waals surface area contributed by atoms with Gasteiger partial charge in [-0.05, 0) is 50.8 Å². The SMILES string of the molecule is CC(C)Cc1ccc(OC(=O)OC(C)(C)C)cc1. The molecular formula is C15H22O3. The smallest absolute Gasteiger partial charge is 0.428 e. The maximum Gasteiger partial charge on any atom is 0.514 e. The molecule has 1 aromatic rings. The highest BCUT2D eigenvalue weighted by molar-refractivity contribution is 5.64. The molecule has 0 atom stereocenters. The van der Waals surface area contributed by atoms with Gasteiger partial charge in [0.15, 0.2) is 0 Å². The van der Waals surface area contributed by atoms with Gasteiger partial charge in [0.2, 0.25) is 0 Å². The summed E-state index contributed by atoms with van der Waals surface area (Å²) in [5.74, 6) is 1.12. The van der Waals surface area contributed by atoms with Crippen LogP contribution in [-0.4, -0.2) is 11.8 Å². The van der Waals surface area contributed by atoms with E-state index in [-0.39, 0.29) is 0 Å². The average molecular weight is 250 g/mol. The third-order valence-electron chi connectivity index (χ3n) is 2.16. The molecule has 0 amide bonds. The Kier molecular flexibility index (Phi) is 4.76. The van der Waals surface area contributed by atoms with Crippen LogP contribution in [0.15, 0.2) is 24.3 Å². The molecule has 100 valence electrons. The lowest BCUT2D eigenvalue weighted by Gasteiger charge is -2.18. The van der Waals surface area contributed by atoms with E-state index in [1.165, 1.54) is 5.56 Å². The van der Waals surface area contributed by atoms with E-state index in [2.05, 4.69) is 13.8 Å². The highest BCUT2D eigenvalue weighted by Gasteiger charge is 2.17. The van der Waals surface area contributed by atoms with Crippen LogP contribution in [-0.2, 0) is 11.2 Å². The van der Waals surface area contributed by atoms with Crippen molar-refractivity contribution < 1.29 is 14.3 Å². The first kappa shape index (κ1) is 14.6. The Bertz CT molecular complexity index is 385. The minimum Gasteiger partial charge on any atom is -0.428 e. The highest BCUT2D eigenvalue weighted by Crippen LogP contribution is 2.17. The Morgan fingerprint density at radius 2 is 1.72 bits per heavy atom. The monoisotopic (exact) mass is 250 g/mol. The first-order valence-corrected chi connectivity index (χ1v) is 6.26. The predicted octanol–water partition coefficient (Wildman–Crippen LogP) is 4.20. The summed E-state index contributed by atoms with van der Waals surface area (Å²) in [6.45, 7) is 9.76. The summed E-state index contributed by atoms with van der Waals surface area (Å²) >= 11 is 0. The maximum absolute atomic E-state index is 11.4. The minimum atomic E-state index is -0.667. The van der Waals surface area contributed by atoms with Gasteiger partial charge in [0.05, 0.1) is 0 Å². The fourth-order valence-corrected chi connectivity index (χ4v) is 1.53. The van der Waals surface area contributed by atoms with Crippen molar-refractivity contribution in [2.24, 2.45) is 5.92 Å². The van der Waals surface area contributed by atoms with Gasteiger partial charge in [0.25, 0.3) is 0 Å². The number of carbonyl (C=O) groups excluding carboxylic acids is 1. The van der Waals surface area contributed by atoms with Gasteiger partial charge in [-0.25, -0.2) is 4.79 Å². The van der Waals surface area contributed by atoms with Gasteiger partial charge in [-0.3, -0.25) is 0 Å². The molecule has 0 aliphatic carbocycles. The molecule has 0 spiro atoms. The summed E-state index contributed by atoms with van der Waals surface area (Å²) in [7, 11) is 0.